The highest BCUT2D eigenvalue weighted by Crippen LogP contribution is 2.27. The molecule has 1 aliphatic rings. The second-order valence-corrected chi connectivity index (χ2v) is 5.35. The largest absolute Gasteiger partial charge is 0.478 e. The van der Waals surface area contributed by atoms with Gasteiger partial charge in [0.15, 0.2) is 0 Å². The average molecular weight is 297 g/mol. The van der Waals surface area contributed by atoms with Crippen LogP contribution in [0.25, 0.3) is 0 Å². The Morgan fingerprint density at radius 3 is 2.80 bits per heavy atom. The van der Waals surface area contributed by atoms with Crippen LogP contribution in [0, 0.1) is 0 Å². The van der Waals surface area contributed by atoms with Crippen LogP contribution in [0.5, 0.6) is 0 Å². The molecule has 2 rings (SSSR count). The number of amides is 1. The highest BCUT2D eigenvalue weighted by Gasteiger charge is 2.39. The molecule has 1 heterocycles. The second kappa shape index (κ2) is 5.81. The molecule has 0 radical (unpaired) electrons. The lowest BCUT2D eigenvalue weighted by molar-refractivity contribution is -0.122. The van der Waals surface area contributed by atoms with Crippen LogP contribution in [0.4, 0.5) is 5.69 Å². The van der Waals surface area contributed by atoms with Crippen LogP contribution in [-0.2, 0) is 4.79 Å². The summed E-state index contributed by atoms with van der Waals surface area (Å²) < 4.78 is 0. The number of rotatable bonds is 4. The van der Waals surface area contributed by atoms with Crippen LogP contribution in [-0.4, -0.2) is 29.1 Å². The fraction of sp³-hybridized carbons (Fsp3) is 0.429. The van der Waals surface area contributed by atoms with Crippen molar-refractivity contribution >= 4 is 29.2 Å². The zero-order valence-electron chi connectivity index (χ0n) is 11.2. The Morgan fingerprint density at radius 1 is 1.50 bits per heavy atom. The number of carbonyl (C=O) groups excluding carboxylic acids is 1. The van der Waals surface area contributed by atoms with Crippen LogP contribution in [0.2, 0.25) is 5.02 Å². The first-order chi connectivity index (χ1) is 9.48. The minimum atomic E-state index is -1.12. The summed E-state index contributed by atoms with van der Waals surface area (Å²) in [5, 5.41) is 15.4. The van der Waals surface area contributed by atoms with Crippen LogP contribution >= 0.6 is 11.6 Å². The number of anilines is 1. The summed E-state index contributed by atoms with van der Waals surface area (Å²) in [6.07, 6.45) is 2.35. The van der Waals surface area contributed by atoms with E-state index >= 15 is 0 Å². The Hall–Kier alpha value is -1.59. The van der Waals surface area contributed by atoms with Gasteiger partial charge in [0.1, 0.15) is 0 Å². The molecule has 0 spiro atoms. The summed E-state index contributed by atoms with van der Waals surface area (Å²) in [4.78, 5) is 23.6. The molecule has 6 heteroatoms. The molecule has 1 aliphatic heterocycles. The number of carbonyl (C=O) groups is 2. The molecule has 108 valence electrons. The van der Waals surface area contributed by atoms with E-state index in [9.17, 15) is 9.59 Å². The summed E-state index contributed by atoms with van der Waals surface area (Å²) in [5.74, 6) is -1.31. The molecule has 1 unspecified atom stereocenters. The number of hydrogen-bond donors (Lipinski definition) is 3. The van der Waals surface area contributed by atoms with E-state index in [0.29, 0.717) is 11.4 Å². The van der Waals surface area contributed by atoms with E-state index in [1.165, 1.54) is 12.1 Å². The Morgan fingerprint density at radius 2 is 2.25 bits per heavy atom. The third-order valence-electron chi connectivity index (χ3n) is 3.74. The van der Waals surface area contributed by atoms with Crippen molar-refractivity contribution in [2.24, 2.45) is 0 Å². The molecule has 3 N–H and O–H groups in total. The van der Waals surface area contributed by atoms with Gasteiger partial charge in [0, 0.05) is 5.02 Å². The normalized spacial score (nSPS) is 21.7. The lowest BCUT2D eigenvalue weighted by Crippen LogP contribution is -2.50. The van der Waals surface area contributed by atoms with Crippen LogP contribution in [0.1, 0.15) is 36.5 Å². The first-order valence-electron chi connectivity index (χ1n) is 6.58. The second-order valence-electron chi connectivity index (χ2n) is 4.92. The molecule has 5 nitrogen and oxygen atoms in total. The maximum absolute atomic E-state index is 12.4. The predicted molar refractivity (Wildman–Crippen MR) is 77.3 cm³/mol. The van der Waals surface area contributed by atoms with Crippen molar-refractivity contribution in [3.8, 4) is 0 Å². The summed E-state index contributed by atoms with van der Waals surface area (Å²) in [5.41, 5.74) is -0.335. The maximum Gasteiger partial charge on any atom is 0.337 e. The summed E-state index contributed by atoms with van der Waals surface area (Å²) in [7, 11) is 0. The van der Waals surface area contributed by atoms with E-state index in [-0.39, 0.29) is 17.2 Å². The fourth-order valence-electron chi connectivity index (χ4n) is 2.51. The van der Waals surface area contributed by atoms with Crippen LogP contribution in [0.3, 0.4) is 0 Å². The van der Waals surface area contributed by atoms with Gasteiger partial charge >= 0.3 is 5.97 Å². The molecule has 0 saturated carbocycles. The average Bonchev–Trinajstić information content (AvgIpc) is 2.90. The Bertz CT molecular complexity index is 539. The molecule has 1 atom stereocenters. The van der Waals surface area contributed by atoms with E-state index in [1.807, 2.05) is 6.92 Å². The van der Waals surface area contributed by atoms with E-state index < -0.39 is 11.5 Å². The Kier molecular flexibility index (Phi) is 4.30. The highest BCUT2D eigenvalue weighted by molar-refractivity contribution is 6.31. The number of hydrogen-bond acceptors (Lipinski definition) is 3. The van der Waals surface area contributed by atoms with Crippen molar-refractivity contribution in [1.29, 1.82) is 0 Å². The summed E-state index contributed by atoms with van der Waals surface area (Å²) in [6, 6.07) is 4.41. The number of nitrogens with one attached hydrogen (secondary N) is 2. The first kappa shape index (κ1) is 14.8. The summed E-state index contributed by atoms with van der Waals surface area (Å²) >= 11 is 5.79. The molecule has 1 amide bonds. The van der Waals surface area contributed by atoms with Crippen molar-refractivity contribution in [3.63, 3.8) is 0 Å². The third kappa shape index (κ3) is 2.78. The van der Waals surface area contributed by atoms with Gasteiger partial charge in [0.25, 0.3) is 0 Å². The highest BCUT2D eigenvalue weighted by atomic mass is 35.5. The molecule has 0 bridgehead atoms. The van der Waals surface area contributed by atoms with Crippen molar-refractivity contribution in [1.82, 2.24) is 5.32 Å². The van der Waals surface area contributed by atoms with E-state index in [1.54, 1.807) is 6.07 Å². The van der Waals surface area contributed by atoms with Crippen molar-refractivity contribution in [2.75, 3.05) is 11.9 Å². The van der Waals surface area contributed by atoms with Gasteiger partial charge in [-0.25, -0.2) is 4.79 Å². The van der Waals surface area contributed by atoms with Gasteiger partial charge in [-0.15, -0.1) is 0 Å². The molecule has 1 saturated heterocycles. The van der Waals surface area contributed by atoms with Crippen LogP contribution in [0.15, 0.2) is 18.2 Å². The van der Waals surface area contributed by atoms with Gasteiger partial charge in [0.05, 0.1) is 16.8 Å². The van der Waals surface area contributed by atoms with Gasteiger partial charge in [-0.05, 0) is 44.0 Å². The Balaban J connectivity index is 2.25. The molecule has 1 fully saturated rings. The molecular formula is C14H17ClN2O3. The monoisotopic (exact) mass is 296 g/mol. The molecule has 0 aromatic heterocycles. The zero-order chi connectivity index (χ0) is 14.8. The minimum absolute atomic E-state index is 0.00454. The van der Waals surface area contributed by atoms with Gasteiger partial charge < -0.3 is 15.7 Å². The lowest BCUT2D eigenvalue weighted by Gasteiger charge is -2.27. The third-order valence-corrected chi connectivity index (χ3v) is 3.98. The van der Waals surface area contributed by atoms with E-state index in [2.05, 4.69) is 10.6 Å². The number of carboxylic acids is 1. The van der Waals surface area contributed by atoms with Crippen molar-refractivity contribution in [3.05, 3.63) is 28.8 Å². The van der Waals surface area contributed by atoms with E-state index in [0.717, 1.165) is 19.4 Å². The van der Waals surface area contributed by atoms with Crippen LogP contribution < -0.4 is 10.6 Å². The Labute approximate surface area is 122 Å². The topological polar surface area (TPSA) is 78.4 Å². The molecule has 0 aliphatic carbocycles. The van der Waals surface area contributed by atoms with Crippen molar-refractivity contribution in [2.45, 2.75) is 31.7 Å². The van der Waals surface area contributed by atoms with Gasteiger partial charge in [-0.2, -0.15) is 0 Å². The number of benzene rings is 1. The number of halogens is 1. The van der Waals surface area contributed by atoms with Gasteiger partial charge in [0.2, 0.25) is 5.91 Å². The molecular weight excluding hydrogens is 280 g/mol. The first-order valence-corrected chi connectivity index (χ1v) is 6.95. The minimum Gasteiger partial charge on any atom is -0.478 e. The molecule has 1 aromatic rings. The lowest BCUT2D eigenvalue weighted by atomic mass is 9.93. The standard InChI is InChI=1S/C14H17ClN2O3/c1-2-14(6-3-7-16-14)13(20)17-11-5-4-9(15)8-10(11)12(18)19/h4-5,8,16H,2-3,6-7H2,1H3,(H,17,20)(H,18,19). The zero-order valence-corrected chi connectivity index (χ0v) is 12.0. The van der Waals surface area contributed by atoms with Gasteiger partial charge in [-0.3, -0.25) is 4.79 Å². The molecule has 1 aromatic carbocycles. The van der Waals surface area contributed by atoms with E-state index in [4.69, 9.17) is 16.7 Å². The van der Waals surface area contributed by atoms with Gasteiger partial charge in [-0.1, -0.05) is 18.5 Å². The molecule has 20 heavy (non-hydrogen) atoms. The number of carboxylic acid groups (broad SMARTS) is 1. The number of aromatic carboxylic acids is 1. The summed E-state index contributed by atoms with van der Waals surface area (Å²) in [6.45, 7) is 2.74. The van der Waals surface area contributed by atoms with Crippen molar-refractivity contribution < 1.29 is 14.7 Å². The smallest absolute Gasteiger partial charge is 0.337 e. The predicted octanol–water partition coefficient (Wildman–Crippen LogP) is 2.51. The quantitative estimate of drug-likeness (QED) is 0.798. The SMILES string of the molecule is CCC1(C(=O)Nc2ccc(Cl)cc2C(=O)O)CCCN1. The fourth-order valence-corrected chi connectivity index (χ4v) is 2.68. The maximum atomic E-state index is 12.4.